The number of nitrogens with one attached hydrogen (secondary N) is 1. The van der Waals surface area contributed by atoms with Crippen molar-refractivity contribution in [3.63, 3.8) is 0 Å². The van der Waals surface area contributed by atoms with Gasteiger partial charge in [-0.05, 0) is 56.5 Å². The largest absolute Gasteiger partial charge is 0.483 e. The summed E-state index contributed by atoms with van der Waals surface area (Å²) in [6.45, 7) is 8.68. The van der Waals surface area contributed by atoms with Crippen LogP contribution in [-0.2, 0) is 13.0 Å². The molecule has 0 aliphatic heterocycles. The normalized spacial score (nSPS) is 10.7. The molecule has 1 heterocycles. The van der Waals surface area contributed by atoms with Crippen molar-refractivity contribution in [3.05, 3.63) is 70.4 Å². The Morgan fingerprint density at radius 1 is 1.07 bits per heavy atom. The van der Waals surface area contributed by atoms with Crippen LogP contribution in [-0.4, -0.2) is 34.7 Å². The lowest BCUT2D eigenvalue weighted by molar-refractivity contribution is 0.222. The van der Waals surface area contributed by atoms with E-state index in [2.05, 4.69) is 21.5 Å². The second-order valence-electron chi connectivity index (χ2n) is 7.58. The lowest BCUT2D eigenvalue weighted by Crippen LogP contribution is -2.33. The third-order valence-corrected chi connectivity index (χ3v) is 4.84. The quantitative estimate of drug-likeness (QED) is 0.618. The topological polar surface area (TPSA) is 80.5 Å². The summed E-state index contributed by atoms with van der Waals surface area (Å²) in [6.07, 6.45) is 0.490. The molecular weight excluding hydrogens is 380 g/mol. The highest BCUT2D eigenvalue weighted by Crippen LogP contribution is 2.20. The Morgan fingerprint density at radius 3 is 2.57 bits per heavy atom. The number of anilines is 1. The standard InChI is InChI=1S/C23H28N4O3/c1-15-7-9-20(18(4)12-15)29-14-22-25-21(26-30-22)10-11-27(5)23(28)24-19-13-16(2)6-8-17(19)3/h6-9,12-13H,10-11,14H2,1-5H3,(H,24,28). The average molecular weight is 409 g/mol. The molecule has 0 aliphatic rings. The summed E-state index contributed by atoms with van der Waals surface area (Å²) in [5.41, 5.74) is 5.18. The van der Waals surface area contributed by atoms with Gasteiger partial charge in [0, 0.05) is 25.7 Å². The van der Waals surface area contributed by atoms with Crippen LogP contribution in [0.4, 0.5) is 10.5 Å². The lowest BCUT2D eigenvalue weighted by atomic mass is 10.1. The van der Waals surface area contributed by atoms with Crippen molar-refractivity contribution in [2.24, 2.45) is 0 Å². The molecule has 0 fully saturated rings. The van der Waals surface area contributed by atoms with Crippen molar-refractivity contribution in [1.82, 2.24) is 15.0 Å². The van der Waals surface area contributed by atoms with Crippen LogP contribution in [0.5, 0.6) is 5.75 Å². The number of carbonyl (C=O) groups excluding carboxylic acids is 1. The van der Waals surface area contributed by atoms with Gasteiger partial charge in [-0.3, -0.25) is 0 Å². The van der Waals surface area contributed by atoms with Crippen molar-refractivity contribution < 1.29 is 14.1 Å². The third-order valence-electron chi connectivity index (χ3n) is 4.84. The third kappa shape index (κ3) is 5.59. The second-order valence-corrected chi connectivity index (χ2v) is 7.58. The number of urea groups is 1. The van der Waals surface area contributed by atoms with E-state index in [0.717, 1.165) is 28.1 Å². The first-order valence-corrected chi connectivity index (χ1v) is 9.92. The minimum absolute atomic E-state index is 0.175. The molecule has 7 nitrogen and oxygen atoms in total. The molecule has 1 aromatic heterocycles. The van der Waals surface area contributed by atoms with Gasteiger partial charge in [-0.2, -0.15) is 4.98 Å². The smallest absolute Gasteiger partial charge is 0.321 e. The number of rotatable bonds is 7. The number of nitrogens with zero attached hydrogens (tertiary/aromatic N) is 3. The van der Waals surface area contributed by atoms with Crippen LogP contribution in [0.15, 0.2) is 40.9 Å². The van der Waals surface area contributed by atoms with E-state index >= 15 is 0 Å². The van der Waals surface area contributed by atoms with Crippen LogP contribution in [0.1, 0.15) is 34.0 Å². The van der Waals surface area contributed by atoms with Gasteiger partial charge < -0.3 is 19.5 Å². The van der Waals surface area contributed by atoms with E-state index in [1.165, 1.54) is 5.56 Å². The summed E-state index contributed by atoms with van der Waals surface area (Å²) in [6, 6.07) is 11.8. The summed E-state index contributed by atoms with van der Waals surface area (Å²) in [4.78, 5) is 18.4. The maximum absolute atomic E-state index is 12.4. The number of hydrogen-bond donors (Lipinski definition) is 1. The fraction of sp³-hybridized carbons (Fsp3) is 0.348. The first-order valence-electron chi connectivity index (χ1n) is 9.92. The number of aryl methyl sites for hydroxylation is 4. The lowest BCUT2D eigenvalue weighted by Gasteiger charge is -2.18. The van der Waals surface area contributed by atoms with E-state index < -0.39 is 0 Å². The number of benzene rings is 2. The predicted octanol–water partition coefficient (Wildman–Crippen LogP) is 4.59. The number of likely N-dealkylation sites (N-methyl/N-ethyl adjacent to an activating group) is 1. The van der Waals surface area contributed by atoms with Crippen LogP contribution >= 0.6 is 0 Å². The van der Waals surface area contributed by atoms with E-state index in [4.69, 9.17) is 9.26 Å². The van der Waals surface area contributed by atoms with Gasteiger partial charge in [-0.1, -0.05) is 35.0 Å². The highest BCUT2D eigenvalue weighted by Gasteiger charge is 2.13. The van der Waals surface area contributed by atoms with Crippen molar-refractivity contribution in [2.75, 3.05) is 18.9 Å². The predicted molar refractivity (Wildman–Crippen MR) is 116 cm³/mol. The molecule has 1 N–H and O–H groups in total. The van der Waals surface area contributed by atoms with E-state index in [0.29, 0.717) is 24.7 Å². The van der Waals surface area contributed by atoms with Crippen LogP contribution in [0, 0.1) is 27.7 Å². The molecule has 158 valence electrons. The maximum atomic E-state index is 12.4. The summed E-state index contributed by atoms with van der Waals surface area (Å²) in [5.74, 6) is 1.75. The number of aromatic nitrogens is 2. The van der Waals surface area contributed by atoms with Gasteiger partial charge in [-0.15, -0.1) is 0 Å². The van der Waals surface area contributed by atoms with Gasteiger partial charge in [0.05, 0.1) is 0 Å². The minimum Gasteiger partial charge on any atom is -0.483 e. The second kappa shape index (κ2) is 9.43. The van der Waals surface area contributed by atoms with Gasteiger partial charge >= 0.3 is 6.03 Å². The Kier molecular flexibility index (Phi) is 6.72. The molecule has 2 aromatic carbocycles. The first-order chi connectivity index (χ1) is 14.3. The summed E-state index contributed by atoms with van der Waals surface area (Å²) >= 11 is 0. The molecule has 0 spiro atoms. The van der Waals surface area contributed by atoms with E-state index in [-0.39, 0.29) is 12.6 Å². The monoisotopic (exact) mass is 408 g/mol. The molecule has 7 heteroatoms. The Labute approximate surface area is 177 Å². The molecule has 0 aliphatic carbocycles. The molecule has 0 saturated carbocycles. The average Bonchev–Trinajstić information content (AvgIpc) is 3.16. The Morgan fingerprint density at radius 2 is 1.80 bits per heavy atom. The Hall–Kier alpha value is -3.35. The van der Waals surface area contributed by atoms with Gasteiger partial charge in [0.15, 0.2) is 12.4 Å². The minimum atomic E-state index is -0.175. The number of carbonyl (C=O) groups is 1. The SMILES string of the molecule is Cc1ccc(OCc2nc(CCN(C)C(=O)Nc3cc(C)ccc3C)no2)c(C)c1. The van der Waals surface area contributed by atoms with E-state index in [1.54, 1.807) is 11.9 Å². The van der Waals surface area contributed by atoms with Gasteiger partial charge in [0.1, 0.15) is 5.75 Å². The van der Waals surface area contributed by atoms with Gasteiger partial charge in [0.25, 0.3) is 5.89 Å². The molecule has 30 heavy (non-hydrogen) atoms. The zero-order chi connectivity index (χ0) is 21.7. The number of ether oxygens (including phenoxy) is 1. The van der Waals surface area contributed by atoms with Crippen molar-refractivity contribution in [2.45, 2.75) is 40.7 Å². The molecule has 0 atom stereocenters. The van der Waals surface area contributed by atoms with Crippen molar-refractivity contribution >= 4 is 11.7 Å². The first kappa shape index (κ1) is 21.4. The zero-order valence-corrected chi connectivity index (χ0v) is 18.2. The molecule has 0 unspecified atom stereocenters. The summed E-state index contributed by atoms with van der Waals surface area (Å²) < 4.78 is 11.0. The zero-order valence-electron chi connectivity index (χ0n) is 18.2. The number of hydrogen-bond acceptors (Lipinski definition) is 5. The molecule has 3 rings (SSSR count). The highest BCUT2D eigenvalue weighted by molar-refractivity contribution is 5.90. The summed E-state index contributed by atoms with van der Waals surface area (Å²) in [5, 5.41) is 6.92. The maximum Gasteiger partial charge on any atom is 0.321 e. The highest BCUT2D eigenvalue weighted by atomic mass is 16.5. The fourth-order valence-corrected chi connectivity index (χ4v) is 3.00. The van der Waals surface area contributed by atoms with Crippen LogP contribution < -0.4 is 10.1 Å². The van der Waals surface area contributed by atoms with Crippen LogP contribution in [0.3, 0.4) is 0 Å². The fourth-order valence-electron chi connectivity index (χ4n) is 3.00. The molecular formula is C23H28N4O3. The van der Waals surface area contributed by atoms with Crippen molar-refractivity contribution in [3.8, 4) is 5.75 Å². The molecule has 0 radical (unpaired) electrons. The van der Waals surface area contributed by atoms with E-state index in [1.807, 2.05) is 58.0 Å². The summed E-state index contributed by atoms with van der Waals surface area (Å²) in [7, 11) is 1.74. The van der Waals surface area contributed by atoms with E-state index in [9.17, 15) is 4.79 Å². The van der Waals surface area contributed by atoms with Gasteiger partial charge in [0.2, 0.25) is 0 Å². The van der Waals surface area contributed by atoms with Crippen LogP contribution in [0.25, 0.3) is 0 Å². The van der Waals surface area contributed by atoms with Crippen LogP contribution in [0.2, 0.25) is 0 Å². The number of amides is 2. The molecule has 0 saturated heterocycles. The molecule has 3 aromatic rings. The van der Waals surface area contributed by atoms with Gasteiger partial charge in [-0.25, -0.2) is 4.79 Å². The Balaban J connectivity index is 1.49. The molecule has 0 bridgehead atoms. The van der Waals surface area contributed by atoms with Crippen molar-refractivity contribution in [1.29, 1.82) is 0 Å². The molecule has 2 amide bonds. The Bertz CT molecular complexity index is 1030.